The second-order valence-electron chi connectivity index (χ2n) is 4.18. The van der Waals surface area contributed by atoms with Crippen molar-refractivity contribution in [2.45, 2.75) is 6.92 Å². The molecule has 100 valence electrons. The van der Waals surface area contributed by atoms with Gasteiger partial charge in [-0.3, -0.25) is 4.98 Å². The molecule has 1 N–H and O–H groups in total. The summed E-state index contributed by atoms with van der Waals surface area (Å²) in [6.45, 7) is 1.77. The van der Waals surface area contributed by atoms with Gasteiger partial charge >= 0.3 is 5.97 Å². The van der Waals surface area contributed by atoms with Crippen LogP contribution in [0.1, 0.15) is 21.6 Å². The number of benzene rings is 1. The zero-order valence-electron chi connectivity index (χ0n) is 11.0. The highest BCUT2D eigenvalue weighted by molar-refractivity contribution is 5.95. The van der Waals surface area contributed by atoms with E-state index >= 15 is 0 Å². The maximum Gasteiger partial charge on any atom is 0.337 e. The van der Waals surface area contributed by atoms with Crippen LogP contribution in [-0.2, 0) is 0 Å². The highest BCUT2D eigenvalue weighted by Crippen LogP contribution is 2.32. The normalized spacial score (nSPS) is 9.85. The number of hydrogen-bond acceptors (Lipinski definition) is 4. The van der Waals surface area contributed by atoms with Crippen LogP contribution in [0.15, 0.2) is 30.3 Å². The zero-order chi connectivity index (χ0) is 14.7. The van der Waals surface area contributed by atoms with E-state index in [4.69, 9.17) is 10.00 Å². The summed E-state index contributed by atoms with van der Waals surface area (Å²) >= 11 is 0. The van der Waals surface area contributed by atoms with Crippen LogP contribution in [-0.4, -0.2) is 23.2 Å². The van der Waals surface area contributed by atoms with Crippen molar-refractivity contribution in [1.29, 1.82) is 5.26 Å². The van der Waals surface area contributed by atoms with Gasteiger partial charge in [0.05, 0.1) is 30.0 Å². The van der Waals surface area contributed by atoms with Crippen molar-refractivity contribution < 1.29 is 14.6 Å². The third-order valence-electron chi connectivity index (χ3n) is 2.85. The van der Waals surface area contributed by atoms with Gasteiger partial charge in [-0.05, 0) is 37.3 Å². The molecule has 0 atom stereocenters. The molecule has 0 saturated heterocycles. The number of nitriles is 1. The summed E-state index contributed by atoms with van der Waals surface area (Å²) in [4.78, 5) is 15.6. The standard InChI is InChI=1S/C15H12N2O3/c1-9-3-5-11(15(18)19)14(17-9)12-7-10(8-16)4-6-13(12)20-2/h3-7H,1-2H3,(H,18,19). The highest BCUT2D eigenvalue weighted by Gasteiger charge is 2.17. The summed E-state index contributed by atoms with van der Waals surface area (Å²) in [6.07, 6.45) is 0. The smallest absolute Gasteiger partial charge is 0.337 e. The van der Waals surface area contributed by atoms with Gasteiger partial charge in [0.2, 0.25) is 0 Å². The summed E-state index contributed by atoms with van der Waals surface area (Å²) < 4.78 is 5.23. The van der Waals surface area contributed by atoms with Crippen molar-refractivity contribution in [2.75, 3.05) is 7.11 Å². The van der Waals surface area contributed by atoms with Crippen LogP contribution >= 0.6 is 0 Å². The third kappa shape index (κ3) is 2.45. The molecule has 2 rings (SSSR count). The van der Waals surface area contributed by atoms with E-state index < -0.39 is 5.97 Å². The molecule has 0 fully saturated rings. The van der Waals surface area contributed by atoms with Gasteiger partial charge in [-0.1, -0.05) is 0 Å². The van der Waals surface area contributed by atoms with E-state index in [9.17, 15) is 9.90 Å². The first-order chi connectivity index (χ1) is 9.56. The van der Waals surface area contributed by atoms with Crippen LogP contribution in [0, 0.1) is 18.3 Å². The monoisotopic (exact) mass is 268 g/mol. The predicted molar refractivity (Wildman–Crippen MR) is 72.6 cm³/mol. The van der Waals surface area contributed by atoms with E-state index in [2.05, 4.69) is 4.98 Å². The van der Waals surface area contributed by atoms with Crippen molar-refractivity contribution in [3.8, 4) is 23.1 Å². The van der Waals surface area contributed by atoms with Crippen LogP contribution in [0.2, 0.25) is 0 Å². The second-order valence-corrected chi connectivity index (χ2v) is 4.18. The average Bonchev–Trinajstić information content (AvgIpc) is 2.46. The quantitative estimate of drug-likeness (QED) is 0.925. The Labute approximate surface area is 116 Å². The molecule has 5 nitrogen and oxygen atoms in total. The lowest BCUT2D eigenvalue weighted by molar-refractivity contribution is 0.0697. The van der Waals surface area contributed by atoms with Crippen molar-refractivity contribution >= 4 is 5.97 Å². The minimum Gasteiger partial charge on any atom is -0.496 e. The Kier molecular flexibility index (Phi) is 3.67. The van der Waals surface area contributed by atoms with Crippen molar-refractivity contribution in [1.82, 2.24) is 4.98 Å². The first-order valence-corrected chi connectivity index (χ1v) is 5.86. The number of hydrogen-bond donors (Lipinski definition) is 1. The number of aromatic carboxylic acids is 1. The van der Waals surface area contributed by atoms with E-state index in [0.717, 1.165) is 0 Å². The number of methoxy groups -OCH3 is 1. The van der Waals surface area contributed by atoms with E-state index in [1.165, 1.54) is 13.2 Å². The van der Waals surface area contributed by atoms with Gasteiger partial charge in [-0.2, -0.15) is 5.26 Å². The van der Waals surface area contributed by atoms with Gasteiger partial charge < -0.3 is 9.84 Å². The molecule has 0 radical (unpaired) electrons. The van der Waals surface area contributed by atoms with Crippen LogP contribution < -0.4 is 4.74 Å². The molecule has 0 aliphatic heterocycles. The van der Waals surface area contributed by atoms with Crippen molar-refractivity contribution in [3.63, 3.8) is 0 Å². The third-order valence-corrected chi connectivity index (χ3v) is 2.85. The Balaban J connectivity index is 2.76. The fraction of sp³-hybridized carbons (Fsp3) is 0.133. The molecule has 0 unspecified atom stereocenters. The van der Waals surface area contributed by atoms with Crippen LogP contribution in [0.25, 0.3) is 11.3 Å². The van der Waals surface area contributed by atoms with E-state index in [1.807, 2.05) is 6.07 Å². The molecule has 0 bridgehead atoms. The number of carboxylic acid groups (broad SMARTS) is 1. The molecule has 1 aromatic heterocycles. The number of aromatic nitrogens is 1. The lowest BCUT2D eigenvalue weighted by Crippen LogP contribution is -2.03. The van der Waals surface area contributed by atoms with Crippen molar-refractivity contribution in [3.05, 3.63) is 47.2 Å². The zero-order valence-corrected chi connectivity index (χ0v) is 11.0. The lowest BCUT2D eigenvalue weighted by atomic mass is 10.0. The summed E-state index contributed by atoms with van der Waals surface area (Å²) in [6, 6.07) is 9.97. The first kappa shape index (κ1) is 13.6. The van der Waals surface area contributed by atoms with E-state index in [0.29, 0.717) is 28.3 Å². The molecular formula is C15H12N2O3. The first-order valence-electron chi connectivity index (χ1n) is 5.86. The molecule has 1 aromatic carbocycles. The number of carboxylic acids is 1. The van der Waals surface area contributed by atoms with Gasteiger partial charge in [0.15, 0.2) is 0 Å². The molecule has 0 saturated carbocycles. The number of ether oxygens (including phenoxy) is 1. The second kappa shape index (κ2) is 5.41. The summed E-state index contributed by atoms with van der Waals surface area (Å²) in [5.74, 6) is -0.596. The van der Waals surface area contributed by atoms with Crippen molar-refractivity contribution in [2.24, 2.45) is 0 Å². The van der Waals surface area contributed by atoms with E-state index in [-0.39, 0.29) is 5.56 Å². The predicted octanol–water partition coefficient (Wildman–Crippen LogP) is 2.64. The van der Waals surface area contributed by atoms with Gasteiger partial charge in [-0.25, -0.2) is 4.79 Å². The van der Waals surface area contributed by atoms with Crippen LogP contribution in [0.4, 0.5) is 0 Å². The Hall–Kier alpha value is -2.87. The minimum atomic E-state index is -1.07. The van der Waals surface area contributed by atoms with Gasteiger partial charge in [-0.15, -0.1) is 0 Å². The minimum absolute atomic E-state index is 0.0731. The summed E-state index contributed by atoms with van der Waals surface area (Å²) in [7, 11) is 1.49. The Morgan fingerprint density at radius 1 is 1.35 bits per heavy atom. The molecule has 0 amide bonds. The maximum atomic E-state index is 11.3. The van der Waals surface area contributed by atoms with Gasteiger partial charge in [0, 0.05) is 11.3 Å². The average molecular weight is 268 g/mol. The molecular weight excluding hydrogens is 256 g/mol. The lowest BCUT2D eigenvalue weighted by Gasteiger charge is -2.11. The van der Waals surface area contributed by atoms with Crippen LogP contribution in [0.5, 0.6) is 5.75 Å². The number of aryl methyl sites for hydroxylation is 1. The topological polar surface area (TPSA) is 83.2 Å². The molecule has 0 spiro atoms. The molecule has 5 heteroatoms. The molecule has 1 heterocycles. The summed E-state index contributed by atoms with van der Waals surface area (Å²) in [5, 5.41) is 18.2. The SMILES string of the molecule is COc1ccc(C#N)cc1-c1nc(C)ccc1C(=O)O. The van der Waals surface area contributed by atoms with Gasteiger partial charge in [0.25, 0.3) is 0 Å². The number of carbonyl (C=O) groups is 1. The Morgan fingerprint density at radius 3 is 2.70 bits per heavy atom. The fourth-order valence-electron chi connectivity index (χ4n) is 1.90. The number of nitrogens with zero attached hydrogens (tertiary/aromatic N) is 2. The van der Waals surface area contributed by atoms with E-state index in [1.54, 1.807) is 31.2 Å². The molecule has 20 heavy (non-hydrogen) atoms. The summed E-state index contributed by atoms with van der Waals surface area (Å²) in [5.41, 5.74) is 1.97. The van der Waals surface area contributed by atoms with Crippen LogP contribution in [0.3, 0.4) is 0 Å². The highest BCUT2D eigenvalue weighted by atomic mass is 16.5. The molecule has 0 aliphatic carbocycles. The Morgan fingerprint density at radius 2 is 2.10 bits per heavy atom. The number of rotatable bonds is 3. The largest absolute Gasteiger partial charge is 0.496 e. The Bertz CT molecular complexity index is 718. The van der Waals surface area contributed by atoms with Gasteiger partial charge in [0.1, 0.15) is 5.75 Å². The molecule has 0 aliphatic rings. The fourth-order valence-corrected chi connectivity index (χ4v) is 1.90. The maximum absolute atomic E-state index is 11.3. The number of pyridine rings is 1. The molecule has 2 aromatic rings.